The summed E-state index contributed by atoms with van der Waals surface area (Å²) in [5, 5.41) is 4.33. The van der Waals surface area contributed by atoms with Gasteiger partial charge in [0.2, 0.25) is 0 Å². The molecule has 10 heteroatoms. The van der Waals surface area contributed by atoms with Crippen LogP contribution in [-0.4, -0.2) is 17.1 Å². The van der Waals surface area contributed by atoms with Crippen LogP contribution in [0.3, 0.4) is 0 Å². The highest BCUT2D eigenvalue weighted by molar-refractivity contribution is 6.31. The van der Waals surface area contributed by atoms with Crippen molar-refractivity contribution in [3.05, 3.63) is 75.9 Å². The van der Waals surface area contributed by atoms with Gasteiger partial charge < -0.3 is 11.1 Å². The van der Waals surface area contributed by atoms with Gasteiger partial charge in [0.1, 0.15) is 0 Å². The van der Waals surface area contributed by atoms with Crippen LogP contribution in [0.5, 0.6) is 0 Å². The van der Waals surface area contributed by atoms with Crippen LogP contribution in [0, 0.1) is 0 Å². The normalized spacial score (nSPS) is 20.5. The number of rotatable bonds is 4. The quantitative estimate of drug-likeness (QED) is 0.383. The van der Waals surface area contributed by atoms with E-state index in [4.69, 9.17) is 17.3 Å². The molecule has 34 heavy (non-hydrogen) atoms. The van der Waals surface area contributed by atoms with Crippen LogP contribution in [0.25, 0.3) is 10.9 Å². The number of aromatic nitrogens is 1. The van der Waals surface area contributed by atoms with Crippen molar-refractivity contribution in [2.24, 2.45) is 5.73 Å². The van der Waals surface area contributed by atoms with E-state index in [2.05, 4.69) is 10.3 Å². The molecule has 0 saturated heterocycles. The molecule has 3 N–H and O–H groups in total. The van der Waals surface area contributed by atoms with Gasteiger partial charge >= 0.3 is 12.4 Å². The van der Waals surface area contributed by atoms with Gasteiger partial charge in [0.25, 0.3) is 0 Å². The molecule has 0 spiro atoms. The monoisotopic (exact) mass is 501 g/mol. The summed E-state index contributed by atoms with van der Waals surface area (Å²) in [7, 11) is 0. The molecule has 1 aliphatic carbocycles. The Labute approximate surface area is 197 Å². The molecule has 1 aliphatic rings. The maximum atomic E-state index is 13.6. The van der Waals surface area contributed by atoms with E-state index in [0.29, 0.717) is 47.2 Å². The van der Waals surface area contributed by atoms with Crippen LogP contribution in [0.15, 0.2) is 48.7 Å². The SMILES string of the molecule is NC1CCC(NC(c2cc(C(F)(F)F)cc(C(F)(F)F)c2)c2ccnc3cc(Cl)ccc23)CC1. The van der Waals surface area contributed by atoms with Gasteiger partial charge in [-0.1, -0.05) is 17.7 Å². The molecule has 0 amide bonds. The van der Waals surface area contributed by atoms with Crippen LogP contribution in [-0.2, 0) is 12.4 Å². The van der Waals surface area contributed by atoms with E-state index in [0.717, 1.165) is 12.1 Å². The first-order valence-corrected chi connectivity index (χ1v) is 11.1. The molecule has 1 aromatic heterocycles. The summed E-state index contributed by atoms with van der Waals surface area (Å²) < 4.78 is 81.4. The molecule has 3 nitrogen and oxygen atoms in total. The zero-order valence-corrected chi connectivity index (χ0v) is 18.6. The Morgan fingerprint density at radius 1 is 0.882 bits per heavy atom. The molecular formula is C24H22ClF6N3. The summed E-state index contributed by atoms with van der Waals surface area (Å²) in [4.78, 5) is 4.26. The third-order valence-corrected chi connectivity index (χ3v) is 6.40. The molecule has 182 valence electrons. The minimum atomic E-state index is -4.94. The molecule has 1 unspecified atom stereocenters. The Kier molecular flexibility index (Phi) is 6.81. The molecule has 0 radical (unpaired) electrons. The molecule has 0 bridgehead atoms. The van der Waals surface area contributed by atoms with Gasteiger partial charge in [-0.15, -0.1) is 0 Å². The van der Waals surface area contributed by atoms with Gasteiger partial charge in [-0.05, 0) is 73.2 Å². The molecule has 1 fully saturated rings. The number of nitrogens with one attached hydrogen (secondary N) is 1. The van der Waals surface area contributed by atoms with Crippen molar-refractivity contribution in [1.29, 1.82) is 0 Å². The lowest BCUT2D eigenvalue weighted by atomic mass is 9.88. The van der Waals surface area contributed by atoms with E-state index in [1.807, 2.05) is 0 Å². The van der Waals surface area contributed by atoms with Crippen LogP contribution >= 0.6 is 11.6 Å². The average Bonchev–Trinajstić information content (AvgIpc) is 2.76. The summed E-state index contributed by atoms with van der Waals surface area (Å²) in [6.07, 6.45) is -5.65. The number of alkyl halides is 6. The Morgan fingerprint density at radius 3 is 2.09 bits per heavy atom. The van der Waals surface area contributed by atoms with Crippen molar-refractivity contribution >= 4 is 22.5 Å². The van der Waals surface area contributed by atoms with Crippen molar-refractivity contribution < 1.29 is 26.3 Å². The summed E-state index contributed by atoms with van der Waals surface area (Å²) in [5.74, 6) is 0. The third-order valence-electron chi connectivity index (χ3n) is 6.17. The molecule has 1 heterocycles. The number of pyridine rings is 1. The van der Waals surface area contributed by atoms with Gasteiger partial charge in [0.15, 0.2) is 0 Å². The first kappa shape index (κ1) is 24.8. The topological polar surface area (TPSA) is 50.9 Å². The van der Waals surface area contributed by atoms with Crippen molar-refractivity contribution in [2.75, 3.05) is 0 Å². The molecule has 4 rings (SSSR count). The molecular weight excluding hydrogens is 480 g/mol. The Bertz CT molecular complexity index is 1140. The van der Waals surface area contributed by atoms with Gasteiger partial charge in [0, 0.05) is 28.7 Å². The maximum Gasteiger partial charge on any atom is 0.416 e. The predicted molar refractivity (Wildman–Crippen MR) is 118 cm³/mol. The summed E-state index contributed by atoms with van der Waals surface area (Å²) >= 11 is 6.06. The zero-order valence-electron chi connectivity index (χ0n) is 17.8. The van der Waals surface area contributed by atoms with E-state index in [9.17, 15) is 26.3 Å². The average molecular weight is 502 g/mol. The van der Waals surface area contributed by atoms with E-state index in [-0.39, 0.29) is 23.7 Å². The van der Waals surface area contributed by atoms with Gasteiger partial charge in [-0.3, -0.25) is 4.98 Å². The second-order valence-corrected chi connectivity index (χ2v) is 9.05. The highest BCUT2D eigenvalue weighted by Crippen LogP contribution is 2.40. The highest BCUT2D eigenvalue weighted by Gasteiger charge is 2.38. The Morgan fingerprint density at radius 2 is 1.50 bits per heavy atom. The number of nitrogens with zero attached hydrogens (tertiary/aromatic N) is 1. The van der Waals surface area contributed by atoms with Gasteiger partial charge in [0.05, 0.1) is 22.7 Å². The van der Waals surface area contributed by atoms with E-state index < -0.39 is 29.5 Å². The van der Waals surface area contributed by atoms with E-state index in [1.54, 1.807) is 24.3 Å². The number of hydrogen-bond donors (Lipinski definition) is 2. The standard InChI is InChI=1S/C24H22ClF6N3/c25-16-1-6-19-20(7-8-33-21(19)12-16)22(34-18-4-2-17(32)3-5-18)13-9-14(23(26,27)28)11-15(10-13)24(29,30)31/h1,6-12,17-18,22,34H,2-5,32H2. The Hall–Kier alpha value is -2.36. The first-order valence-electron chi connectivity index (χ1n) is 10.8. The summed E-state index contributed by atoms with van der Waals surface area (Å²) in [6.45, 7) is 0. The number of fused-ring (bicyclic) bond motifs is 1. The fourth-order valence-corrected chi connectivity index (χ4v) is 4.59. The minimum absolute atomic E-state index is 0.0331. The van der Waals surface area contributed by atoms with Crippen LogP contribution in [0.1, 0.15) is 54.0 Å². The molecule has 2 aromatic carbocycles. The highest BCUT2D eigenvalue weighted by atomic mass is 35.5. The second-order valence-electron chi connectivity index (χ2n) is 8.61. The van der Waals surface area contributed by atoms with Gasteiger partial charge in [-0.25, -0.2) is 0 Å². The molecule has 1 atom stereocenters. The zero-order chi connectivity index (χ0) is 24.7. The molecule has 0 aliphatic heterocycles. The largest absolute Gasteiger partial charge is 0.416 e. The van der Waals surface area contributed by atoms with Crippen LogP contribution in [0.2, 0.25) is 5.02 Å². The number of benzene rings is 2. The van der Waals surface area contributed by atoms with Crippen LogP contribution in [0.4, 0.5) is 26.3 Å². The lowest BCUT2D eigenvalue weighted by Crippen LogP contribution is -2.39. The lowest BCUT2D eigenvalue weighted by Gasteiger charge is -2.32. The van der Waals surface area contributed by atoms with Crippen LogP contribution < -0.4 is 11.1 Å². The molecule has 1 saturated carbocycles. The lowest BCUT2D eigenvalue weighted by molar-refractivity contribution is -0.143. The van der Waals surface area contributed by atoms with Gasteiger partial charge in [-0.2, -0.15) is 26.3 Å². The molecule has 3 aromatic rings. The van der Waals surface area contributed by atoms with Crippen molar-refractivity contribution in [3.8, 4) is 0 Å². The third kappa shape index (κ3) is 5.47. The fraction of sp³-hybridized carbons (Fsp3) is 0.375. The van der Waals surface area contributed by atoms with Crippen molar-refractivity contribution in [2.45, 2.75) is 56.2 Å². The van der Waals surface area contributed by atoms with E-state index >= 15 is 0 Å². The summed E-state index contributed by atoms with van der Waals surface area (Å²) in [5.41, 5.74) is 4.16. The Balaban J connectivity index is 1.89. The second kappa shape index (κ2) is 9.36. The predicted octanol–water partition coefficient (Wildman–Crippen LogP) is 6.87. The smallest absolute Gasteiger partial charge is 0.328 e. The number of nitrogens with two attached hydrogens (primary N) is 1. The van der Waals surface area contributed by atoms with E-state index in [1.165, 1.54) is 6.20 Å². The fourth-order valence-electron chi connectivity index (χ4n) is 4.43. The maximum absolute atomic E-state index is 13.6. The van der Waals surface area contributed by atoms with Crippen molar-refractivity contribution in [1.82, 2.24) is 10.3 Å². The minimum Gasteiger partial charge on any atom is -0.328 e. The number of hydrogen-bond acceptors (Lipinski definition) is 3. The first-order chi connectivity index (χ1) is 15.9. The van der Waals surface area contributed by atoms with Crippen molar-refractivity contribution in [3.63, 3.8) is 0 Å². The number of halogens is 7. The summed E-state index contributed by atoms with van der Waals surface area (Å²) in [6, 6.07) is 7.17.